The Bertz CT molecular complexity index is 732. The molecule has 7 heteroatoms. The number of thioether (sulfide) groups is 1. The van der Waals surface area contributed by atoms with Crippen molar-refractivity contribution in [3.8, 4) is 18.1 Å². The number of halogens is 2. The van der Waals surface area contributed by atoms with Gasteiger partial charge in [0.15, 0.2) is 5.75 Å². The third-order valence-electron chi connectivity index (χ3n) is 3.47. The summed E-state index contributed by atoms with van der Waals surface area (Å²) in [6.45, 7) is 3.81. The number of nitrogens with zero attached hydrogens (tertiary/aromatic N) is 1. The van der Waals surface area contributed by atoms with Gasteiger partial charge in [-0.15, -0.1) is 6.42 Å². The zero-order valence-corrected chi connectivity index (χ0v) is 15.5. The van der Waals surface area contributed by atoms with Gasteiger partial charge in [0.2, 0.25) is 0 Å². The van der Waals surface area contributed by atoms with Gasteiger partial charge >= 0.3 is 0 Å². The van der Waals surface area contributed by atoms with E-state index in [1.54, 1.807) is 18.2 Å². The molecule has 0 unspecified atom stereocenters. The monoisotopic (exact) mass is 383 g/mol. The van der Waals surface area contributed by atoms with Crippen LogP contribution in [0.15, 0.2) is 17.0 Å². The molecule has 1 aliphatic rings. The second-order valence-electron chi connectivity index (χ2n) is 5.12. The Kier molecular flexibility index (Phi) is 6.22. The number of amides is 2. The van der Waals surface area contributed by atoms with Crippen molar-refractivity contribution in [3.05, 3.63) is 32.6 Å². The summed E-state index contributed by atoms with van der Waals surface area (Å²) in [7, 11) is 0. The fourth-order valence-electron chi connectivity index (χ4n) is 2.11. The number of carbonyl (C=O) groups is 2. The number of carbonyl (C=O) groups excluding carboxylic acids is 2. The van der Waals surface area contributed by atoms with Crippen LogP contribution in [0.1, 0.15) is 25.8 Å². The van der Waals surface area contributed by atoms with Crippen molar-refractivity contribution in [1.82, 2.24) is 4.90 Å². The Morgan fingerprint density at radius 2 is 2.00 bits per heavy atom. The Balaban J connectivity index is 2.31. The number of ether oxygens (including phenoxy) is 1. The van der Waals surface area contributed by atoms with Gasteiger partial charge in [0.05, 0.1) is 15.0 Å². The van der Waals surface area contributed by atoms with Crippen molar-refractivity contribution in [2.24, 2.45) is 0 Å². The molecule has 0 aromatic heterocycles. The van der Waals surface area contributed by atoms with Crippen LogP contribution in [0.4, 0.5) is 4.79 Å². The molecule has 0 N–H and O–H groups in total. The smallest absolute Gasteiger partial charge is 0.293 e. The summed E-state index contributed by atoms with van der Waals surface area (Å²) < 4.78 is 5.29. The van der Waals surface area contributed by atoms with E-state index >= 15 is 0 Å². The number of hydrogen-bond acceptors (Lipinski definition) is 4. The minimum absolute atomic E-state index is 0.0482. The van der Waals surface area contributed by atoms with Crippen LogP contribution in [0.5, 0.6) is 5.75 Å². The van der Waals surface area contributed by atoms with Crippen molar-refractivity contribution in [3.63, 3.8) is 0 Å². The molecule has 0 aliphatic carbocycles. The molecule has 1 atom stereocenters. The molecule has 2 rings (SSSR count). The van der Waals surface area contributed by atoms with E-state index in [0.29, 0.717) is 22.6 Å². The lowest BCUT2D eigenvalue weighted by atomic mass is 10.2. The van der Waals surface area contributed by atoms with Crippen molar-refractivity contribution in [2.75, 3.05) is 6.61 Å². The predicted octanol–water partition coefficient (Wildman–Crippen LogP) is 4.84. The van der Waals surface area contributed by atoms with Crippen molar-refractivity contribution < 1.29 is 14.3 Å². The first-order valence-electron chi connectivity index (χ1n) is 7.21. The van der Waals surface area contributed by atoms with Crippen LogP contribution in [-0.4, -0.2) is 28.7 Å². The molecule has 0 saturated carbocycles. The van der Waals surface area contributed by atoms with E-state index in [4.69, 9.17) is 34.4 Å². The molecule has 0 spiro atoms. The first kappa shape index (κ1) is 18.7. The van der Waals surface area contributed by atoms with E-state index in [-0.39, 0.29) is 33.8 Å². The summed E-state index contributed by atoms with van der Waals surface area (Å²) in [6.07, 6.45) is 7.44. The highest BCUT2D eigenvalue weighted by Gasteiger charge is 2.37. The van der Waals surface area contributed by atoms with E-state index in [9.17, 15) is 9.59 Å². The average Bonchev–Trinajstić information content (AvgIpc) is 2.80. The summed E-state index contributed by atoms with van der Waals surface area (Å²) in [6, 6.07) is 3.07. The number of rotatable bonds is 5. The molecule has 1 aromatic carbocycles. The summed E-state index contributed by atoms with van der Waals surface area (Å²) in [5.74, 6) is 2.32. The van der Waals surface area contributed by atoms with Gasteiger partial charge in [-0.05, 0) is 48.9 Å². The molecule has 126 valence electrons. The van der Waals surface area contributed by atoms with E-state index < -0.39 is 0 Å². The van der Waals surface area contributed by atoms with E-state index in [2.05, 4.69) is 5.92 Å². The molecule has 1 heterocycles. The van der Waals surface area contributed by atoms with E-state index in [0.717, 1.165) is 11.8 Å². The van der Waals surface area contributed by atoms with Crippen LogP contribution < -0.4 is 4.74 Å². The van der Waals surface area contributed by atoms with Crippen LogP contribution in [0.3, 0.4) is 0 Å². The number of benzene rings is 1. The highest BCUT2D eigenvalue weighted by Crippen LogP contribution is 2.38. The zero-order valence-electron chi connectivity index (χ0n) is 13.1. The largest absolute Gasteiger partial charge is 0.478 e. The van der Waals surface area contributed by atoms with E-state index in [1.165, 1.54) is 4.90 Å². The molecule has 2 amide bonds. The molecule has 24 heavy (non-hydrogen) atoms. The third-order valence-corrected chi connectivity index (χ3v) is 4.92. The van der Waals surface area contributed by atoms with Gasteiger partial charge in [-0.25, -0.2) is 0 Å². The van der Waals surface area contributed by atoms with Crippen molar-refractivity contribution in [2.45, 2.75) is 26.3 Å². The van der Waals surface area contributed by atoms with Crippen LogP contribution in [0, 0.1) is 12.3 Å². The molecule has 1 saturated heterocycles. The summed E-state index contributed by atoms with van der Waals surface area (Å²) in [5.41, 5.74) is 0.604. The SMILES string of the molecule is C#CCOc1c(Cl)cc(/C=C2\SC(=O)N([C@H](C)CC)C2=O)cc1Cl. The highest BCUT2D eigenvalue weighted by atomic mass is 35.5. The summed E-state index contributed by atoms with van der Waals surface area (Å²) >= 11 is 13.2. The van der Waals surface area contributed by atoms with Gasteiger partial charge in [0.25, 0.3) is 11.1 Å². The maximum Gasteiger partial charge on any atom is 0.293 e. The van der Waals surface area contributed by atoms with Gasteiger partial charge in [-0.2, -0.15) is 0 Å². The average molecular weight is 384 g/mol. The highest BCUT2D eigenvalue weighted by molar-refractivity contribution is 8.18. The first-order chi connectivity index (χ1) is 11.4. The molecule has 4 nitrogen and oxygen atoms in total. The number of hydrogen-bond donors (Lipinski definition) is 0. The lowest BCUT2D eigenvalue weighted by Gasteiger charge is -2.19. The fourth-order valence-corrected chi connectivity index (χ4v) is 3.65. The molecule has 1 aliphatic heterocycles. The number of imide groups is 1. The zero-order chi connectivity index (χ0) is 17.9. The van der Waals surface area contributed by atoms with Gasteiger partial charge in [-0.3, -0.25) is 14.5 Å². The predicted molar refractivity (Wildman–Crippen MR) is 98.4 cm³/mol. The fraction of sp³-hybridized carbons (Fsp3) is 0.294. The Labute approximate surface area is 155 Å². The second kappa shape index (κ2) is 7.98. The maximum absolute atomic E-state index is 12.4. The first-order valence-corrected chi connectivity index (χ1v) is 8.78. The maximum atomic E-state index is 12.4. The molecule has 0 bridgehead atoms. The van der Waals surface area contributed by atoms with Crippen molar-refractivity contribution >= 4 is 52.2 Å². The normalized spacial score (nSPS) is 17.3. The topological polar surface area (TPSA) is 46.6 Å². The molecule has 1 fully saturated rings. The Morgan fingerprint density at radius 3 is 2.54 bits per heavy atom. The lowest BCUT2D eigenvalue weighted by molar-refractivity contribution is -0.124. The molecule has 1 aromatic rings. The summed E-state index contributed by atoms with van der Waals surface area (Å²) in [4.78, 5) is 26.0. The number of terminal acetylenes is 1. The summed E-state index contributed by atoms with van der Waals surface area (Å²) in [5, 5.41) is 0.294. The van der Waals surface area contributed by atoms with Gasteiger partial charge in [0.1, 0.15) is 6.61 Å². The molecular weight excluding hydrogens is 369 g/mol. The van der Waals surface area contributed by atoms with Gasteiger partial charge in [0, 0.05) is 6.04 Å². The van der Waals surface area contributed by atoms with Gasteiger partial charge < -0.3 is 4.74 Å². The third kappa shape index (κ3) is 3.89. The van der Waals surface area contributed by atoms with Crippen LogP contribution in [0.2, 0.25) is 10.0 Å². The second-order valence-corrected chi connectivity index (χ2v) is 6.92. The molecular formula is C17H15Cl2NO3S. The Morgan fingerprint density at radius 1 is 1.38 bits per heavy atom. The van der Waals surface area contributed by atoms with Gasteiger partial charge in [-0.1, -0.05) is 36.0 Å². The Hall–Kier alpha value is -1.61. The quantitative estimate of drug-likeness (QED) is 0.538. The van der Waals surface area contributed by atoms with Crippen LogP contribution in [-0.2, 0) is 4.79 Å². The van der Waals surface area contributed by atoms with E-state index in [1.807, 2.05) is 13.8 Å². The van der Waals surface area contributed by atoms with Crippen molar-refractivity contribution in [1.29, 1.82) is 0 Å². The van der Waals surface area contributed by atoms with Crippen LogP contribution in [0.25, 0.3) is 6.08 Å². The minimum Gasteiger partial charge on any atom is -0.478 e. The molecule has 0 radical (unpaired) electrons. The minimum atomic E-state index is -0.306. The standard InChI is InChI=1S/C17H15Cl2NO3S/c1-4-6-23-15-12(18)7-11(8-13(15)19)9-14-16(21)20(10(3)5-2)17(22)24-14/h1,7-10H,5-6H2,2-3H3/b14-9-/t10-/m1/s1. The lowest BCUT2D eigenvalue weighted by Crippen LogP contribution is -2.36. The van der Waals surface area contributed by atoms with Crippen LogP contribution >= 0.6 is 35.0 Å².